The van der Waals surface area contributed by atoms with E-state index in [9.17, 15) is 24.6 Å². The Balaban J connectivity index is 3.59. The molecule has 10 nitrogen and oxygen atoms in total. The highest BCUT2D eigenvalue weighted by atomic mass is 17.2. The molecule has 2 atom stereocenters. The fourth-order valence-electron chi connectivity index (χ4n) is 3.36. The lowest BCUT2D eigenvalue weighted by molar-refractivity contribution is -0.306. The van der Waals surface area contributed by atoms with Crippen LogP contribution in [0.1, 0.15) is 103 Å². The van der Waals surface area contributed by atoms with Gasteiger partial charge in [-0.1, -0.05) is 84.0 Å². The molecule has 200 valence electrons. The second-order valence-electron chi connectivity index (χ2n) is 8.77. The molecule has 0 aliphatic heterocycles. The van der Waals surface area contributed by atoms with Gasteiger partial charge in [-0.05, 0) is 6.42 Å². The van der Waals surface area contributed by atoms with Gasteiger partial charge < -0.3 is 25.2 Å². The number of ether oxygens (including phenoxy) is 1. The van der Waals surface area contributed by atoms with Crippen molar-refractivity contribution in [3.8, 4) is 0 Å². The van der Waals surface area contributed by atoms with Gasteiger partial charge in [0.1, 0.15) is 19.3 Å². The number of carbonyl (C=O) groups is 3. The maximum absolute atomic E-state index is 11.7. The van der Waals surface area contributed by atoms with E-state index < -0.39 is 49.1 Å². The molecule has 10 heteroatoms. The molecule has 4 N–H and O–H groups in total. The number of aliphatic hydroxyl groups excluding tert-OH is 1. The Kier molecular flexibility index (Phi) is 19.5. The van der Waals surface area contributed by atoms with Crippen LogP contribution in [0, 0.1) is 0 Å². The van der Waals surface area contributed by atoms with E-state index >= 15 is 0 Å². The van der Waals surface area contributed by atoms with Crippen LogP contribution in [0.25, 0.3) is 0 Å². The van der Waals surface area contributed by atoms with Gasteiger partial charge in [-0.3, -0.25) is 9.59 Å². The molecule has 0 aromatic rings. The third kappa shape index (κ3) is 18.7. The summed E-state index contributed by atoms with van der Waals surface area (Å²) in [7, 11) is 0. The number of rotatable bonds is 24. The molecule has 0 bridgehead atoms. The molecule has 0 saturated heterocycles. The zero-order chi connectivity index (χ0) is 25.7. The van der Waals surface area contributed by atoms with E-state index in [1.807, 2.05) is 0 Å². The summed E-state index contributed by atoms with van der Waals surface area (Å²) in [4.78, 5) is 43.1. The lowest BCUT2D eigenvalue weighted by atomic mass is 9.96. The summed E-state index contributed by atoms with van der Waals surface area (Å²) in [6.45, 7) is 1.84. The topological polar surface area (TPSA) is 160 Å². The van der Waals surface area contributed by atoms with E-state index in [0.717, 1.165) is 19.3 Å². The first-order valence-corrected chi connectivity index (χ1v) is 12.5. The molecular formula is C24H44O10. The van der Waals surface area contributed by atoms with Crippen LogP contribution < -0.4 is 0 Å². The quantitative estimate of drug-likeness (QED) is 0.0678. The predicted octanol–water partition coefficient (Wildman–Crippen LogP) is 3.61. The Labute approximate surface area is 202 Å². The van der Waals surface area contributed by atoms with Crippen LogP contribution in [0.2, 0.25) is 0 Å². The van der Waals surface area contributed by atoms with Gasteiger partial charge >= 0.3 is 17.9 Å². The van der Waals surface area contributed by atoms with Crippen molar-refractivity contribution in [1.82, 2.24) is 0 Å². The Hall–Kier alpha value is -1.75. The molecular weight excluding hydrogens is 448 g/mol. The number of esters is 1. The Morgan fingerprint density at radius 2 is 1.24 bits per heavy atom. The minimum Gasteiger partial charge on any atom is -0.481 e. The summed E-state index contributed by atoms with van der Waals surface area (Å²) in [6.07, 6.45) is 12.7. The van der Waals surface area contributed by atoms with Gasteiger partial charge in [0.15, 0.2) is 5.60 Å². The molecule has 0 spiro atoms. The molecule has 0 aliphatic rings. The van der Waals surface area contributed by atoms with Crippen molar-refractivity contribution < 1.29 is 49.3 Å². The molecule has 2 unspecified atom stereocenters. The largest absolute Gasteiger partial charge is 0.481 e. The number of hydrogen-bond donors (Lipinski definition) is 4. The number of carbonyl (C=O) groups excluding carboxylic acids is 1. The molecule has 34 heavy (non-hydrogen) atoms. The Morgan fingerprint density at radius 1 is 0.735 bits per heavy atom. The zero-order valence-corrected chi connectivity index (χ0v) is 20.5. The molecule has 0 amide bonds. The van der Waals surface area contributed by atoms with E-state index in [-0.39, 0.29) is 6.61 Å². The summed E-state index contributed by atoms with van der Waals surface area (Å²) in [5, 5.41) is 37.0. The standard InChI is InChI=1S/C24H44O10/c1-2-3-4-5-6-7-8-9-10-11-12-13-14-15-33-34-19-20(25)18-32-22(28)17-24(31,23(29)30)16-21(26)27/h20,25,31H,2-19H2,1H3,(H,26,27)(H,29,30). The van der Waals surface area contributed by atoms with Crippen molar-refractivity contribution in [3.63, 3.8) is 0 Å². The van der Waals surface area contributed by atoms with Gasteiger partial charge in [-0.25, -0.2) is 14.6 Å². The van der Waals surface area contributed by atoms with Crippen LogP contribution in [-0.2, 0) is 28.9 Å². The van der Waals surface area contributed by atoms with Crippen molar-refractivity contribution >= 4 is 17.9 Å². The molecule has 0 heterocycles. The van der Waals surface area contributed by atoms with Crippen LogP contribution in [0.15, 0.2) is 0 Å². The number of carboxylic acid groups (broad SMARTS) is 2. The molecule has 0 aromatic carbocycles. The van der Waals surface area contributed by atoms with Gasteiger partial charge in [-0.2, -0.15) is 0 Å². The van der Waals surface area contributed by atoms with Gasteiger partial charge in [0.05, 0.1) is 19.4 Å². The smallest absolute Gasteiger partial charge is 0.336 e. The lowest BCUT2D eigenvalue weighted by Crippen LogP contribution is -2.43. The number of carboxylic acids is 2. The minimum atomic E-state index is -2.78. The SMILES string of the molecule is CCCCCCCCCCCCCCCOOCC(O)COC(=O)CC(O)(CC(=O)O)C(=O)O. The first-order valence-electron chi connectivity index (χ1n) is 12.5. The van der Waals surface area contributed by atoms with Crippen molar-refractivity contribution in [2.75, 3.05) is 19.8 Å². The number of hydrogen-bond acceptors (Lipinski definition) is 8. The maximum atomic E-state index is 11.7. The van der Waals surface area contributed by atoms with E-state index in [0.29, 0.717) is 6.61 Å². The summed E-state index contributed by atoms with van der Waals surface area (Å²) in [6, 6.07) is 0. The molecule has 0 radical (unpaired) electrons. The number of aliphatic carboxylic acids is 2. The third-order valence-corrected chi connectivity index (χ3v) is 5.39. The van der Waals surface area contributed by atoms with E-state index in [1.165, 1.54) is 64.2 Å². The Bertz CT molecular complexity index is 554. The third-order valence-electron chi connectivity index (χ3n) is 5.39. The summed E-state index contributed by atoms with van der Waals surface area (Å²) < 4.78 is 4.67. The average molecular weight is 493 g/mol. The molecule has 0 rings (SSSR count). The fourth-order valence-corrected chi connectivity index (χ4v) is 3.36. The van der Waals surface area contributed by atoms with E-state index in [1.54, 1.807) is 0 Å². The van der Waals surface area contributed by atoms with E-state index in [2.05, 4.69) is 11.7 Å². The van der Waals surface area contributed by atoms with Crippen molar-refractivity contribution in [3.05, 3.63) is 0 Å². The van der Waals surface area contributed by atoms with Crippen LogP contribution in [0.5, 0.6) is 0 Å². The number of aliphatic hydroxyl groups is 2. The summed E-state index contributed by atoms with van der Waals surface area (Å²) in [5.74, 6) is -4.58. The molecule has 0 aromatic heterocycles. The van der Waals surface area contributed by atoms with Crippen LogP contribution in [0.3, 0.4) is 0 Å². The monoisotopic (exact) mass is 492 g/mol. The normalized spacial score (nSPS) is 13.9. The van der Waals surface area contributed by atoms with Crippen LogP contribution in [0.4, 0.5) is 0 Å². The molecule has 0 aliphatic carbocycles. The first-order chi connectivity index (χ1) is 16.2. The van der Waals surface area contributed by atoms with Crippen molar-refractivity contribution in [1.29, 1.82) is 0 Å². The summed E-state index contributed by atoms with van der Waals surface area (Å²) in [5.41, 5.74) is -2.78. The fraction of sp³-hybridized carbons (Fsp3) is 0.875. The van der Waals surface area contributed by atoms with Crippen molar-refractivity contribution in [2.45, 2.75) is 115 Å². The maximum Gasteiger partial charge on any atom is 0.336 e. The highest BCUT2D eigenvalue weighted by molar-refractivity contribution is 5.88. The van der Waals surface area contributed by atoms with E-state index in [4.69, 9.17) is 20.0 Å². The lowest BCUT2D eigenvalue weighted by Gasteiger charge is -2.20. The highest BCUT2D eigenvalue weighted by Crippen LogP contribution is 2.17. The zero-order valence-electron chi connectivity index (χ0n) is 20.5. The number of unbranched alkanes of at least 4 members (excludes halogenated alkanes) is 12. The summed E-state index contributed by atoms with van der Waals surface area (Å²) >= 11 is 0. The first kappa shape index (κ1) is 32.2. The van der Waals surface area contributed by atoms with Crippen LogP contribution >= 0.6 is 0 Å². The molecule has 0 fully saturated rings. The van der Waals surface area contributed by atoms with Gasteiger partial charge in [0.2, 0.25) is 0 Å². The van der Waals surface area contributed by atoms with Crippen LogP contribution in [-0.4, -0.2) is 69.9 Å². The highest BCUT2D eigenvalue weighted by Gasteiger charge is 2.41. The average Bonchev–Trinajstić information content (AvgIpc) is 2.76. The van der Waals surface area contributed by atoms with Gasteiger partial charge in [0, 0.05) is 0 Å². The second-order valence-corrected chi connectivity index (χ2v) is 8.77. The Morgan fingerprint density at radius 3 is 1.71 bits per heavy atom. The second kappa shape index (κ2) is 20.6. The predicted molar refractivity (Wildman–Crippen MR) is 124 cm³/mol. The minimum absolute atomic E-state index is 0.260. The van der Waals surface area contributed by atoms with Crippen molar-refractivity contribution in [2.24, 2.45) is 0 Å². The molecule has 0 saturated carbocycles. The van der Waals surface area contributed by atoms with Gasteiger partial charge in [-0.15, -0.1) is 0 Å². The van der Waals surface area contributed by atoms with Gasteiger partial charge in [0.25, 0.3) is 0 Å².